The van der Waals surface area contributed by atoms with E-state index in [1.165, 1.54) is 0 Å². The second-order valence-corrected chi connectivity index (χ2v) is 4.28. The predicted molar refractivity (Wildman–Crippen MR) is 62.0 cm³/mol. The highest BCUT2D eigenvalue weighted by molar-refractivity contribution is 9.10. The van der Waals surface area contributed by atoms with E-state index in [9.17, 15) is 0 Å². The molecule has 14 heavy (non-hydrogen) atoms. The average Bonchev–Trinajstić information content (AvgIpc) is 2.16. The molecule has 0 aliphatic carbocycles. The van der Waals surface area contributed by atoms with Crippen molar-refractivity contribution >= 4 is 26.8 Å². The summed E-state index contributed by atoms with van der Waals surface area (Å²) in [5.41, 5.74) is 7.68. The van der Waals surface area contributed by atoms with E-state index in [1.807, 2.05) is 37.3 Å². The van der Waals surface area contributed by atoms with Gasteiger partial charge in [-0.3, -0.25) is 4.98 Å². The van der Waals surface area contributed by atoms with Crippen LogP contribution in [0.2, 0.25) is 0 Å². The molecule has 0 amide bonds. The van der Waals surface area contributed by atoms with Crippen LogP contribution < -0.4 is 5.73 Å². The first kappa shape index (κ1) is 9.62. The Balaban J connectivity index is 2.62. The maximum atomic E-state index is 5.76. The third-order valence-corrected chi connectivity index (χ3v) is 2.63. The quantitative estimate of drug-likeness (QED) is 0.846. The van der Waals surface area contributed by atoms with Crippen molar-refractivity contribution in [3.63, 3.8) is 0 Å². The minimum atomic E-state index is -0.0111. The fraction of sp³-hybridized carbons (Fsp3) is 0.182. The lowest BCUT2D eigenvalue weighted by atomic mass is 10.1. The van der Waals surface area contributed by atoms with E-state index in [1.54, 1.807) is 0 Å². The number of halogens is 1. The van der Waals surface area contributed by atoms with Crippen molar-refractivity contribution in [2.45, 2.75) is 13.0 Å². The number of hydrogen-bond acceptors (Lipinski definition) is 2. The predicted octanol–water partition coefficient (Wildman–Crippen LogP) is 3.02. The van der Waals surface area contributed by atoms with Crippen molar-refractivity contribution in [1.82, 2.24) is 4.98 Å². The molecule has 3 heteroatoms. The molecule has 1 heterocycles. The Morgan fingerprint density at radius 2 is 2.07 bits per heavy atom. The Labute approximate surface area is 91.3 Å². The van der Waals surface area contributed by atoms with Crippen LogP contribution in [0.25, 0.3) is 10.9 Å². The van der Waals surface area contributed by atoms with Crippen LogP contribution in [-0.4, -0.2) is 4.98 Å². The smallest absolute Gasteiger partial charge is 0.0706 e. The third-order valence-electron chi connectivity index (χ3n) is 2.14. The summed E-state index contributed by atoms with van der Waals surface area (Å²) in [6.07, 6.45) is 0. The van der Waals surface area contributed by atoms with Crippen molar-refractivity contribution in [2.75, 3.05) is 0 Å². The topological polar surface area (TPSA) is 38.9 Å². The van der Waals surface area contributed by atoms with E-state index in [0.717, 1.165) is 21.1 Å². The second-order valence-electron chi connectivity index (χ2n) is 3.36. The summed E-state index contributed by atoms with van der Waals surface area (Å²) < 4.78 is 1.07. The molecule has 0 aliphatic heterocycles. The maximum absolute atomic E-state index is 5.76. The van der Waals surface area contributed by atoms with Gasteiger partial charge in [-0.15, -0.1) is 0 Å². The summed E-state index contributed by atoms with van der Waals surface area (Å²) >= 11 is 3.43. The van der Waals surface area contributed by atoms with Crippen molar-refractivity contribution in [1.29, 1.82) is 0 Å². The summed E-state index contributed by atoms with van der Waals surface area (Å²) in [4.78, 5) is 4.47. The van der Waals surface area contributed by atoms with Crippen LogP contribution in [0.1, 0.15) is 18.7 Å². The fourth-order valence-electron chi connectivity index (χ4n) is 1.37. The molecule has 0 saturated heterocycles. The molecule has 0 fully saturated rings. The zero-order valence-electron chi connectivity index (χ0n) is 7.87. The molecular formula is C11H11BrN2. The summed E-state index contributed by atoms with van der Waals surface area (Å²) in [7, 11) is 0. The summed E-state index contributed by atoms with van der Waals surface area (Å²) in [6.45, 7) is 1.94. The molecule has 0 unspecified atom stereocenters. The lowest BCUT2D eigenvalue weighted by Gasteiger charge is -2.05. The van der Waals surface area contributed by atoms with Gasteiger partial charge in [-0.25, -0.2) is 0 Å². The molecule has 0 radical (unpaired) electrons. The van der Waals surface area contributed by atoms with Gasteiger partial charge in [0.1, 0.15) is 0 Å². The molecule has 0 aliphatic rings. The largest absolute Gasteiger partial charge is 0.323 e. The van der Waals surface area contributed by atoms with Crippen LogP contribution in [-0.2, 0) is 0 Å². The third kappa shape index (κ3) is 1.79. The van der Waals surface area contributed by atoms with E-state index in [0.29, 0.717) is 0 Å². The average molecular weight is 251 g/mol. The lowest BCUT2D eigenvalue weighted by molar-refractivity contribution is 0.787. The van der Waals surface area contributed by atoms with Gasteiger partial charge in [-0.2, -0.15) is 0 Å². The highest BCUT2D eigenvalue weighted by Gasteiger charge is 2.02. The van der Waals surface area contributed by atoms with Crippen LogP contribution in [0.5, 0.6) is 0 Å². The molecule has 0 bridgehead atoms. The number of hydrogen-bond donors (Lipinski definition) is 1. The minimum Gasteiger partial charge on any atom is -0.323 e. The Hall–Kier alpha value is -0.930. The fourth-order valence-corrected chi connectivity index (χ4v) is 1.74. The number of fused-ring (bicyclic) bond motifs is 1. The van der Waals surface area contributed by atoms with Crippen molar-refractivity contribution in [3.05, 3.63) is 40.5 Å². The van der Waals surface area contributed by atoms with Crippen molar-refractivity contribution in [2.24, 2.45) is 5.73 Å². The molecule has 0 spiro atoms. The summed E-state index contributed by atoms with van der Waals surface area (Å²) in [6, 6.07) is 10.0. The standard InChI is InChI=1S/C11H11BrN2/c1-7(13)10-4-2-8-6-9(12)3-5-11(8)14-10/h2-7H,13H2,1H3/t7-/m0/s1. The summed E-state index contributed by atoms with van der Waals surface area (Å²) in [5, 5.41) is 1.13. The van der Waals surface area contributed by atoms with Gasteiger partial charge in [0.15, 0.2) is 0 Å². The van der Waals surface area contributed by atoms with Gasteiger partial charge >= 0.3 is 0 Å². The molecule has 2 rings (SSSR count). The molecule has 1 aromatic heterocycles. The van der Waals surface area contributed by atoms with Gasteiger partial charge in [-0.1, -0.05) is 22.0 Å². The molecule has 2 aromatic rings. The molecule has 0 saturated carbocycles. The normalized spacial score (nSPS) is 13.1. The van der Waals surface area contributed by atoms with E-state index in [2.05, 4.69) is 20.9 Å². The summed E-state index contributed by atoms with van der Waals surface area (Å²) in [5.74, 6) is 0. The van der Waals surface area contributed by atoms with Gasteiger partial charge in [0, 0.05) is 15.9 Å². The monoisotopic (exact) mass is 250 g/mol. The molecule has 1 atom stereocenters. The maximum Gasteiger partial charge on any atom is 0.0706 e. The highest BCUT2D eigenvalue weighted by atomic mass is 79.9. The van der Waals surface area contributed by atoms with Crippen LogP contribution in [0.15, 0.2) is 34.8 Å². The van der Waals surface area contributed by atoms with Gasteiger partial charge in [0.05, 0.1) is 11.2 Å². The zero-order valence-corrected chi connectivity index (χ0v) is 9.45. The van der Waals surface area contributed by atoms with Gasteiger partial charge in [0.2, 0.25) is 0 Å². The SMILES string of the molecule is C[C@H](N)c1ccc2cc(Br)ccc2n1. The Kier molecular flexibility index (Phi) is 2.52. The Bertz CT molecular complexity index is 466. The Morgan fingerprint density at radius 1 is 1.29 bits per heavy atom. The highest BCUT2D eigenvalue weighted by Crippen LogP contribution is 2.19. The second kappa shape index (κ2) is 3.67. The molecular weight excluding hydrogens is 240 g/mol. The number of benzene rings is 1. The lowest BCUT2D eigenvalue weighted by Crippen LogP contribution is -2.06. The first-order valence-corrected chi connectivity index (χ1v) is 5.28. The number of rotatable bonds is 1. The zero-order chi connectivity index (χ0) is 10.1. The number of aromatic nitrogens is 1. The number of nitrogens with zero attached hydrogens (tertiary/aromatic N) is 1. The van der Waals surface area contributed by atoms with Gasteiger partial charge < -0.3 is 5.73 Å². The van der Waals surface area contributed by atoms with Crippen molar-refractivity contribution in [3.8, 4) is 0 Å². The van der Waals surface area contributed by atoms with Crippen LogP contribution in [0.3, 0.4) is 0 Å². The number of pyridine rings is 1. The number of nitrogens with two attached hydrogens (primary N) is 1. The molecule has 1 aromatic carbocycles. The van der Waals surface area contributed by atoms with Crippen LogP contribution >= 0.6 is 15.9 Å². The van der Waals surface area contributed by atoms with E-state index >= 15 is 0 Å². The van der Waals surface area contributed by atoms with Gasteiger partial charge in [-0.05, 0) is 31.2 Å². The first-order valence-electron chi connectivity index (χ1n) is 4.48. The van der Waals surface area contributed by atoms with Crippen molar-refractivity contribution < 1.29 is 0 Å². The van der Waals surface area contributed by atoms with Crippen LogP contribution in [0, 0.1) is 0 Å². The minimum absolute atomic E-state index is 0.0111. The molecule has 2 nitrogen and oxygen atoms in total. The first-order chi connectivity index (χ1) is 6.66. The van der Waals surface area contributed by atoms with Gasteiger partial charge in [0.25, 0.3) is 0 Å². The van der Waals surface area contributed by atoms with E-state index in [4.69, 9.17) is 5.73 Å². The van der Waals surface area contributed by atoms with E-state index < -0.39 is 0 Å². The van der Waals surface area contributed by atoms with Crippen LogP contribution in [0.4, 0.5) is 0 Å². The Morgan fingerprint density at radius 3 is 2.79 bits per heavy atom. The van der Waals surface area contributed by atoms with E-state index in [-0.39, 0.29) is 6.04 Å². The molecule has 2 N–H and O–H groups in total. The molecule has 72 valence electrons.